The Morgan fingerprint density at radius 2 is 2.00 bits per heavy atom. The molecule has 0 bridgehead atoms. The summed E-state index contributed by atoms with van der Waals surface area (Å²) in [6.45, 7) is 8.09. The molecule has 1 fully saturated rings. The Morgan fingerprint density at radius 3 is 2.67 bits per heavy atom. The van der Waals surface area contributed by atoms with Crippen LogP contribution in [0.3, 0.4) is 0 Å². The summed E-state index contributed by atoms with van der Waals surface area (Å²) in [5, 5.41) is 11.2. The number of rotatable bonds is 8. The molecule has 2 heterocycles. The van der Waals surface area contributed by atoms with Crippen LogP contribution < -0.4 is 10.6 Å². The van der Waals surface area contributed by atoms with Gasteiger partial charge in [0.05, 0.1) is 5.69 Å². The van der Waals surface area contributed by atoms with Crippen molar-refractivity contribution in [2.45, 2.75) is 52.7 Å². The van der Waals surface area contributed by atoms with E-state index in [4.69, 9.17) is 0 Å². The lowest BCUT2D eigenvalue weighted by molar-refractivity contribution is -0.128. The lowest BCUT2D eigenvalue weighted by Crippen LogP contribution is -2.37. The Kier molecular flexibility index (Phi) is 9.61. The predicted molar refractivity (Wildman–Crippen MR) is 131 cm³/mol. The zero-order valence-corrected chi connectivity index (χ0v) is 20.5. The fourth-order valence-electron chi connectivity index (χ4n) is 3.67. The Hall–Kier alpha value is -2.10. The van der Waals surface area contributed by atoms with Gasteiger partial charge in [0.1, 0.15) is 0 Å². The third kappa shape index (κ3) is 7.00. The molecule has 2 N–H and O–H groups in total. The number of halogens is 1. The van der Waals surface area contributed by atoms with Crippen LogP contribution in [0.15, 0.2) is 35.3 Å². The minimum atomic E-state index is 0. The van der Waals surface area contributed by atoms with Crippen molar-refractivity contribution in [1.82, 2.24) is 25.3 Å². The van der Waals surface area contributed by atoms with Crippen molar-refractivity contribution in [1.29, 1.82) is 0 Å². The maximum atomic E-state index is 11.8. The highest BCUT2D eigenvalue weighted by Gasteiger charge is 2.19. The van der Waals surface area contributed by atoms with Crippen molar-refractivity contribution in [3.05, 3.63) is 52.8 Å². The van der Waals surface area contributed by atoms with Gasteiger partial charge in [-0.1, -0.05) is 24.3 Å². The van der Waals surface area contributed by atoms with Gasteiger partial charge in [-0.2, -0.15) is 5.10 Å². The van der Waals surface area contributed by atoms with Gasteiger partial charge in [-0.05, 0) is 43.9 Å². The highest BCUT2D eigenvalue weighted by molar-refractivity contribution is 14.0. The van der Waals surface area contributed by atoms with E-state index in [9.17, 15) is 4.79 Å². The minimum absolute atomic E-state index is 0. The van der Waals surface area contributed by atoms with E-state index in [0.717, 1.165) is 44.1 Å². The first-order valence-corrected chi connectivity index (χ1v) is 10.4. The summed E-state index contributed by atoms with van der Waals surface area (Å²) in [6, 6.07) is 10.5. The lowest BCUT2D eigenvalue weighted by Gasteiger charge is -2.16. The molecule has 0 radical (unpaired) electrons. The maximum Gasteiger partial charge on any atom is 0.222 e. The van der Waals surface area contributed by atoms with E-state index in [1.54, 1.807) is 7.05 Å². The van der Waals surface area contributed by atoms with Crippen molar-refractivity contribution in [2.24, 2.45) is 4.99 Å². The third-order valence-electron chi connectivity index (χ3n) is 5.16. The number of amides is 1. The van der Waals surface area contributed by atoms with Crippen molar-refractivity contribution in [3.8, 4) is 0 Å². The van der Waals surface area contributed by atoms with Gasteiger partial charge >= 0.3 is 0 Å². The van der Waals surface area contributed by atoms with Crippen molar-refractivity contribution in [3.63, 3.8) is 0 Å². The van der Waals surface area contributed by atoms with Crippen LogP contribution in [0.4, 0.5) is 0 Å². The molecule has 7 nitrogen and oxygen atoms in total. The summed E-state index contributed by atoms with van der Waals surface area (Å²) in [5.41, 5.74) is 4.61. The number of aromatic nitrogens is 2. The minimum Gasteiger partial charge on any atom is -0.356 e. The number of hydrogen-bond acceptors (Lipinski definition) is 3. The first-order chi connectivity index (χ1) is 14.0. The molecule has 0 aliphatic carbocycles. The summed E-state index contributed by atoms with van der Waals surface area (Å²) in [4.78, 5) is 18.1. The van der Waals surface area contributed by atoms with Gasteiger partial charge in [-0.3, -0.25) is 14.5 Å². The molecule has 30 heavy (non-hydrogen) atoms. The van der Waals surface area contributed by atoms with Crippen LogP contribution in [-0.4, -0.2) is 46.7 Å². The molecule has 0 spiro atoms. The molecule has 0 atom stereocenters. The van der Waals surface area contributed by atoms with Gasteiger partial charge in [0, 0.05) is 51.9 Å². The molecule has 0 unspecified atom stereocenters. The fourth-order valence-corrected chi connectivity index (χ4v) is 3.67. The smallest absolute Gasteiger partial charge is 0.222 e. The number of aryl methyl sites for hydroxylation is 3. The second-order valence-electron chi connectivity index (χ2n) is 7.60. The molecule has 1 aliphatic rings. The zero-order chi connectivity index (χ0) is 20.6. The van der Waals surface area contributed by atoms with Crippen LogP contribution in [0.2, 0.25) is 0 Å². The van der Waals surface area contributed by atoms with Crippen LogP contribution in [0, 0.1) is 13.8 Å². The highest BCUT2D eigenvalue weighted by atomic mass is 127. The summed E-state index contributed by atoms with van der Waals surface area (Å²) in [7, 11) is 1.78. The Morgan fingerprint density at radius 1 is 1.20 bits per heavy atom. The standard InChI is InChI=1S/C22H32N6O.HI/c1-17-13-18(2)28(26-17)12-6-10-24-22(23-3)25-15-19-7-4-8-20(14-19)16-27-11-5-9-21(27)29;/h4,7-8,13-14H,5-6,9-12,15-16H2,1-3H3,(H2,23,24,25);1H. The number of benzene rings is 1. The molecule has 8 heteroatoms. The predicted octanol–water partition coefficient (Wildman–Crippen LogP) is 3.00. The van der Waals surface area contributed by atoms with Crippen molar-refractivity contribution >= 4 is 35.8 Å². The van der Waals surface area contributed by atoms with E-state index in [1.807, 2.05) is 16.5 Å². The Bertz CT molecular complexity index is 863. The molecule has 1 saturated heterocycles. The highest BCUT2D eigenvalue weighted by Crippen LogP contribution is 2.15. The second kappa shape index (κ2) is 11.9. The molecule has 2 aromatic rings. The van der Waals surface area contributed by atoms with E-state index >= 15 is 0 Å². The van der Waals surface area contributed by atoms with Gasteiger partial charge < -0.3 is 15.5 Å². The molecule has 3 rings (SSSR count). The molecule has 1 aliphatic heterocycles. The maximum absolute atomic E-state index is 11.8. The first kappa shape index (κ1) is 24.2. The second-order valence-corrected chi connectivity index (χ2v) is 7.60. The Balaban J connectivity index is 0.00000320. The van der Waals surface area contributed by atoms with Crippen LogP contribution in [0.1, 0.15) is 41.8 Å². The molecule has 1 amide bonds. The number of aliphatic imine (C=N–C) groups is 1. The molecular formula is C22H33IN6O. The lowest BCUT2D eigenvalue weighted by atomic mass is 10.1. The average molecular weight is 524 g/mol. The van der Waals surface area contributed by atoms with Crippen LogP contribution in [0.25, 0.3) is 0 Å². The average Bonchev–Trinajstić information content (AvgIpc) is 3.25. The number of hydrogen-bond donors (Lipinski definition) is 2. The molecule has 164 valence electrons. The third-order valence-corrected chi connectivity index (χ3v) is 5.16. The zero-order valence-electron chi connectivity index (χ0n) is 18.1. The number of guanidine groups is 1. The fraction of sp³-hybridized carbons (Fsp3) is 0.500. The van der Waals surface area contributed by atoms with Crippen molar-refractivity contribution < 1.29 is 4.79 Å². The first-order valence-electron chi connectivity index (χ1n) is 10.4. The van der Waals surface area contributed by atoms with Crippen LogP contribution in [-0.2, 0) is 24.4 Å². The van der Waals surface area contributed by atoms with Gasteiger partial charge in [0.25, 0.3) is 0 Å². The van der Waals surface area contributed by atoms with E-state index in [-0.39, 0.29) is 29.9 Å². The number of carbonyl (C=O) groups excluding carboxylic acids is 1. The largest absolute Gasteiger partial charge is 0.356 e. The number of likely N-dealkylation sites (tertiary alicyclic amines) is 1. The molecular weight excluding hydrogens is 491 g/mol. The number of carbonyl (C=O) groups is 1. The Labute approximate surface area is 196 Å². The molecule has 1 aromatic heterocycles. The SMILES string of the molecule is CN=C(NCCCn1nc(C)cc1C)NCc1cccc(CN2CCCC2=O)c1.I. The van der Waals surface area contributed by atoms with Crippen LogP contribution >= 0.6 is 24.0 Å². The topological polar surface area (TPSA) is 74.6 Å². The quantitative estimate of drug-likeness (QED) is 0.241. The summed E-state index contributed by atoms with van der Waals surface area (Å²) >= 11 is 0. The van der Waals surface area contributed by atoms with Gasteiger partial charge in [-0.25, -0.2) is 0 Å². The van der Waals surface area contributed by atoms with E-state index in [1.165, 1.54) is 16.8 Å². The van der Waals surface area contributed by atoms with E-state index in [2.05, 4.69) is 58.0 Å². The monoisotopic (exact) mass is 524 g/mol. The van der Waals surface area contributed by atoms with Crippen molar-refractivity contribution in [2.75, 3.05) is 20.1 Å². The van der Waals surface area contributed by atoms with Crippen LogP contribution in [0.5, 0.6) is 0 Å². The summed E-state index contributed by atoms with van der Waals surface area (Å²) in [5.74, 6) is 1.05. The number of nitrogens with zero attached hydrogens (tertiary/aromatic N) is 4. The summed E-state index contributed by atoms with van der Waals surface area (Å²) < 4.78 is 2.05. The van der Waals surface area contributed by atoms with Gasteiger partial charge in [-0.15, -0.1) is 24.0 Å². The van der Waals surface area contributed by atoms with Gasteiger partial charge in [0.2, 0.25) is 5.91 Å². The normalized spacial score (nSPS) is 14.0. The van der Waals surface area contributed by atoms with Gasteiger partial charge in [0.15, 0.2) is 5.96 Å². The molecule has 1 aromatic carbocycles. The van der Waals surface area contributed by atoms with E-state index in [0.29, 0.717) is 19.5 Å². The number of nitrogens with one attached hydrogen (secondary N) is 2. The summed E-state index contributed by atoms with van der Waals surface area (Å²) in [6.07, 6.45) is 2.63. The molecule has 0 saturated carbocycles. The van der Waals surface area contributed by atoms with E-state index < -0.39 is 0 Å².